The summed E-state index contributed by atoms with van der Waals surface area (Å²) >= 11 is 6.14. The fraction of sp³-hybridized carbons (Fsp3) is 0.625. The maximum Gasteiger partial charge on any atom is 0.0606 e. The van der Waals surface area contributed by atoms with Crippen molar-refractivity contribution < 1.29 is 5.11 Å². The molecular weight excluding hydrogens is 272 g/mol. The van der Waals surface area contributed by atoms with Gasteiger partial charge in [0, 0.05) is 29.8 Å². The minimum Gasteiger partial charge on any atom is -0.395 e. The summed E-state index contributed by atoms with van der Waals surface area (Å²) in [4.78, 5) is 2.37. The lowest BCUT2D eigenvalue weighted by atomic mass is 10.1. The van der Waals surface area contributed by atoms with Gasteiger partial charge in [0.15, 0.2) is 0 Å². The average molecular weight is 297 g/mol. The Hall–Kier alpha value is -0.770. The van der Waals surface area contributed by atoms with Crippen LogP contribution in [0.25, 0.3) is 0 Å². The van der Waals surface area contributed by atoms with Crippen molar-refractivity contribution in [3.8, 4) is 0 Å². The van der Waals surface area contributed by atoms with E-state index in [0.29, 0.717) is 12.6 Å². The molecule has 0 amide bonds. The molecule has 0 saturated heterocycles. The Morgan fingerprint density at radius 3 is 2.75 bits per heavy atom. The third-order valence-corrected chi connectivity index (χ3v) is 4.26. The molecule has 20 heavy (non-hydrogen) atoms. The number of benzene rings is 1. The maximum absolute atomic E-state index is 9.40. The predicted molar refractivity (Wildman–Crippen MR) is 85.5 cm³/mol. The van der Waals surface area contributed by atoms with E-state index >= 15 is 0 Å². The van der Waals surface area contributed by atoms with Gasteiger partial charge in [0.2, 0.25) is 0 Å². The summed E-state index contributed by atoms with van der Waals surface area (Å²) in [5, 5.41) is 13.5. The summed E-state index contributed by atoms with van der Waals surface area (Å²) in [6.45, 7) is 4.76. The molecule has 0 aliphatic heterocycles. The molecule has 4 heteroatoms. The van der Waals surface area contributed by atoms with Gasteiger partial charge < -0.3 is 15.3 Å². The molecule has 2 N–H and O–H groups in total. The largest absolute Gasteiger partial charge is 0.395 e. The molecule has 0 unspecified atom stereocenters. The lowest BCUT2D eigenvalue weighted by Gasteiger charge is -2.32. The highest BCUT2D eigenvalue weighted by Gasteiger charge is 2.24. The standard InChI is InChI=1S/C16H25ClN2O/c1-2-18-12-13-11-14(17)7-8-16(13)19(9-10-20)15-5-3-4-6-15/h7-8,11,15,18,20H,2-6,9-10,12H2,1H3. The van der Waals surface area contributed by atoms with Crippen LogP contribution in [0.1, 0.15) is 38.2 Å². The van der Waals surface area contributed by atoms with Gasteiger partial charge in [0.25, 0.3) is 0 Å². The highest BCUT2D eigenvalue weighted by molar-refractivity contribution is 6.30. The number of rotatable bonds is 7. The van der Waals surface area contributed by atoms with Crippen LogP contribution in [0.3, 0.4) is 0 Å². The molecular formula is C16H25ClN2O. The number of halogens is 1. The quantitative estimate of drug-likeness (QED) is 0.811. The van der Waals surface area contributed by atoms with Crippen LogP contribution in [-0.2, 0) is 6.54 Å². The molecule has 1 fully saturated rings. The zero-order valence-corrected chi connectivity index (χ0v) is 13.0. The molecule has 0 heterocycles. The number of nitrogens with one attached hydrogen (secondary N) is 1. The highest BCUT2D eigenvalue weighted by atomic mass is 35.5. The Kier molecular flexibility index (Phi) is 6.14. The van der Waals surface area contributed by atoms with E-state index in [1.165, 1.54) is 36.9 Å². The third-order valence-electron chi connectivity index (χ3n) is 4.02. The molecule has 1 aliphatic carbocycles. The number of aliphatic hydroxyl groups is 1. The van der Waals surface area contributed by atoms with E-state index in [1.807, 2.05) is 12.1 Å². The Morgan fingerprint density at radius 1 is 1.35 bits per heavy atom. The van der Waals surface area contributed by atoms with Crippen LogP contribution in [-0.4, -0.2) is 30.8 Å². The van der Waals surface area contributed by atoms with Crippen molar-refractivity contribution in [1.29, 1.82) is 0 Å². The lowest BCUT2D eigenvalue weighted by molar-refractivity contribution is 0.297. The summed E-state index contributed by atoms with van der Waals surface area (Å²) in [6.07, 6.45) is 5.04. The zero-order valence-electron chi connectivity index (χ0n) is 12.2. The zero-order chi connectivity index (χ0) is 14.4. The molecule has 0 bridgehead atoms. The first-order valence-electron chi connectivity index (χ1n) is 7.63. The van der Waals surface area contributed by atoms with Gasteiger partial charge in [-0.2, -0.15) is 0 Å². The van der Waals surface area contributed by atoms with Crippen molar-refractivity contribution in [2.75, 3.05) is 24.6 Å². The van der Waals surface area contributed by atoms with Gasteiger partial charge in [-0.25, -0.2) is 0 Å². The molecule has 3 nitrogen and oxygen atoms in total. The molecule has 0 aromatic heterocycles. The van der Waals surface area contributed by atoms with Crippen molar-refractivity contribution in [1.82, 2.24) is 5.32 Å². The van der Waals surface area contributed by atoms with Gasteiger partial charge in [-0.05, 0) is 43.1 Å². The van der Waals surface area contributed by atoms with Crippen molar-refractivity contribution in [2.24, 2.45) is 0 Å². The number of hydrogen-bond donors (Lipinski definition) is 2. The Morgan fingerprint density at radius 2 is 2.10 bits per heavy atom. The molecule has 1 saturated carbocycles. The monoisotopic (exact) mass is 296 g/mol. The number of anilines is 1. The molecule has 112 valence electrons. The SMILES string of the molecule is CCNCc1cc(Cl)ccc1N(CCO)C1CCCC1. The van der Waals surface area contributed by atoms with Crippen LogP contribution in [0.5, 0.6) is 0 Å². The number of aliphatic hydroxyl groups excluding tert-OH is 1. The van der Waals surface area contributed by atoms with Crippen molar-refractivity contribution in [3.05, 3.63) is 28.8 Å². The first-order valence-corrected chi connectivity index (χ1v) is 8.00. The third kappa shape index (κ3) is 3.87. The van der Waals surface area contributed by atoms with Crippen molar-refractivity contribution in [2.45, 2.75) is 45.2 Å². The molecule has 0 atom stereocenters. The molecule has 0 radical (unpaired) electrons. The summed E-state index contributed by atoms with van der Waals surface area (Å²) in [6, 6.07) is 6.65. The maximum atomic E-state index is 9.40. The molecule has 1 aromatic carbocycles. The number of nitrogens with zero attached hydrogens (tertiary/aromatic N) is 1. The fourth-order valence-corrected chi connectivity index (χ4v) is 3.25. The van der Waals surface area contributed by atoms with E-state index in [1.54, 1.807) is 0 Å². The van der Waals surface area contributed by atoms with Crippen LogP contribution < -0.4 is 10.2 Å². The van der Waals surface area contributed by atoms with E-state index in [4.69, 9.17) is 11.6 Å². The van der Waals surface area contributed by atoms with Crippen molar-refractivity contribution >= 4 is 17.3 Å². The van der Waals surface area contributed by atoms with Crippen LogP contribution in [0.2, 0.25) is 5.02 Å². The smallest absolute Gasteiger partial charge is 0.0606 e. The first kappa shape index (κ1) is 15.6. The van der Waals surface area contributed by atoms with E-state index in [-0.39, 0.29) is 6.61 Å². The summed E-state index contributed by atoms with van der Waals surface area (Å²) in [5.74, 6) is 0. The minimum atomic E-state index is 0.194. The van der Waals surface area contributed by atoms with Crippen LogP contribution >= 0.6 is 11.6 Å². The van der Waals surface area contributed by atoms with E-state index < -0.39 is 0 Å². The summed E-state index contributed by atoms with van der Waals surface area (Å²) in [5.41, 5.74) is 2.44. The molecule has 1 aliphatic rings. The predicted octanol–water partition coefficient (Wildman–Crippen LogP) is 3.19. The lowest BCUT2D eigenvalue weighted by Crippen LogP contribution is -2.36. The normalized spacial score (nSPS) is 15.8. The second-order valence-corrected chi connectivity index (χ2v) is 5.85. The Labute approximate surface area is 126 Å². The fourth-order valence-electron chi connectivity index (χ4n) is 3.06. The topological polar surface area (TPSA) is 35.5 Å². The number of hydrogen-bond acceptors (Lipinski definition) is 3. The molecule has 2 rings (SSSR count). The van der Waals surface area contributed by atoms with Gasteiger partial charge in [0.05, 0.1) is 6.61 Å². The van der Waals surface area contributed by atoms with Gasteiger partial charge in [-0.3, -0.25) is 0 Å². The summed E-state index contributed by atoms with van der Waals surface area (Å²) < 4.78 is 0. The van der Waals surface area contributed by atoms with Crippen LogP contribution in [0.15, 0.2) is 18.2 Å². The second kappa shape index (κ2) is 7.87. The Bertz CT molecular complexity index is 419. The van der Waals surface area contributed by atoms with Gasteiger partial charge in [-0.1, -0.05) is 31.4 Å². The second-order valence-electron chi connectivity index (χ2n) is 5.41. The van der Waals surface area contributed by atoms with E-state index in [0.717, 1.165) is 18.1 Å². The minimum absolute atomic E-state index is 0.194. The van der Waals surface area contributed by atoms with Gasteiger partial charge >= 0.3 is 0 Å². The van der Waals surface area contributed by atoms with Crippen LogP contribution in [0.4, 0.5) is 5.69 Å². The van der Waals surface area contributed by atoms with Crippen molar-refractivity contribution in [3.63, 3.8) is 0 Å². The van der Waals surface area contributed by atoms with Gasteiger partial charge in [0.1, 0.15) is 0 Å². The van der Waals surface area contributed by atoms with E-state index in [2.05, 4.69) is 23.2 Å². The molecule has 1 aromatic rings. The van der Waals surface area contributed by atoms with E-state index in [9.17, 15) is 5.11 Å². The average Bonchev–Trinajstić information content (AvgIpc) is 2.97. The van der Waals surface area contributed by atoms with Crippen LogP contribution in [0, 0.1) is 0 Å². The molecule has 0 spiro atoms. The summed E-state index contributed by atoms with van der Waals surface area (Å²) in [7, 11) is 0. The Balaban J connectivity index is 2.25. The first-order chi connectivity index (χ1) is 9.76. The highest BCUT2D eigenvalue weighted by Crippen LogP contribution is 2.31. The van der Waals surface area contributed by atoms with Gasteiger partial charge in [-0.15, -0.1) is 0 Å².